The highest BCUT2D eigenvalue weighted by molar-refractivity contribution is 5.84. The number of rotatable bonds is 6. The van der Waals surface area contributed by atoms with Gasteiger partial charge in [-0.1, -0.05) is 19.4 Å². The van der Waals surface area contributed by atoms with Crippen LogP contribution in [-0.2, 0) is 11.2 Å². The summed E-state index contributed by atoms with van der Waals surface area (Å²) in [6.07, 6.45) is 2.87. The Kier molecular flexibility index (Phi) is 5.12. The van der Waals surface area contributed by atoms with E-state index in [1.807, 2.05) is 6.92 Å². The highest BCUT2D eigenvalue weighted by Gasteiger charge is 2.17. The van der Waals surface area contributed by atoms with Gasteiger partial charge in [-0.2, -0.15) is 0 Å². The Labute approximate surface area is 166 Å². The van der Waals surface area contributed by atoms with Gasteiger partial charge in [0.05, 0.1) is 10.9 Å². The Balaban J connectivity index is 1.79. The molecular weight excluding hydrogens is 376 g/mol. The van der Waals surface area contributed by atoms with Crippen LogP contribution in [0.25, 0.3) is 22.1 Å². The highest BCUT2D eigenvalue weighted by atomic mass is 16.6. The molecule has 0 fully saturated rings. The minimum Gasteiger partial charge on any atom is -0.486 e. The lowest BCUT2D eigenvalue weighted by molar-refractivity contribution is -0.139. The third-order valence-corrected chi connectivity index (χ3v) is 4.68. The number of hydrogen-bond donors (Lipinski definition) is 1. The minimum absolute atomic E-state index is 0.176. The van der Waals surface area contributed by atoms with Crippen molar-refractivity contribution in [2.75, 3.05) is 19.8 Å². The molecule has 2 heterocycles. The van der Waals surface area contributed by atoms with Crippen molar-refractivity contribution in [3.63, 3.8) is 0 Å². The fourth-order valence-electron chi connectivity index (χ4n) is 3.35. The lowest BCUT2D eigenvalue weighted by Crippen LogP contribution is -2.15. The molecule has 0 amide bonds. The first-order valence-corrected chi connectivity index (χ1v) is 9.40. The minimum atomic E-state index is -1.07. The van der Waals surface area contributed by atoms with Gasteiger partial charge in [-0.25, -0.2) is 4.79 Å². The average Bonchev–Trinajstić information content (AvgIpc) is 2.73. The summed E-state index contributed by atoms with van der Waals surface area (Å²) in [7, 11) is 0. The number of carboxylic acids is 1. The molecule has 0 atom stereocenters. The summed E-state index contributed by atoms with van der Waals surface area (Å²) in [5.74, 6) is 0.591. The topological polar surface area (TPSA) is 95.2 Å². The lowest BCUT2D eigenvalue weighted by atomic mass is 10.0. The van der Waals surface area contributed by atoms with Gasteiger partial charge in [0.25, 0.3) is 0 Å². The number of carbonyl (C=O) groups is 1. The van der Waals surface area contributed by atoms with E-state index in [1.165, 1.54) is 6.26 Å². The van der Waals surface area contributed by atoms with Crippen molar-refractivity contribution in [2.45, 2.75) is 19.8 Å². The number of benzene rings is 2. The van der Waals surface area contributed by atoms with E-state index >= 15 is 0 Å². The molecule has 0 spiro atoms. The lowest BCUT2D eigenvalue weighted by Gasteiger charge is -2.18. The Morgan fingerprint density at radius 2 is 1.93 bits per heavy atom. The van der Waals surface area contributed by atoms with Crippen LogP contribution in [0, 0.1) is 0 Å². The molecule has 0 saturated heterocycles. The number of fused-ring (bicyclic) bond motifs is 2. The van der Waals surface area contributed by atoms with Gasteiger partial charge < -0.3 is 23.7 Å². The van der Waals surface area contributed by atoms with Gasteiger partial charge >= 0.3 is 5.97 Å². The van der Waals surface area contributed by atoms with Gasteiger partial charge in [0.2, 0.25) is 5.43 Å². The summed E-state index contributed by atoms with van der Waals surface area (Å²) in [4.78, 5) is 24.0. The average molecular weight is 396 g/mol. The van der Waals surface area contributed by atoms with Crippen LogP contribution in [0.3, 0.4) is 0 Å². The Morgan fingerprint density at radius 3 is 2.69 bits per heavy atom. The Morgan fingerprint density at radius 1 is 1.14 bits per heavy atom. The standard InChI is InChI=1S/C22H20O7/c1-2-3-14-8-15-19(10-18(14)29-12-21(23)24)28-11-16(22(15)25)13-4-5-17-20(9-13)27-7-6-26-17/h4-5,8-11H,2-3,6-7,12H2,1H3,(H,23,24). The quantitative estimate of drug-likeness (QED) is 0.679. The zero-order valence-electron chi connectivity index (χ0n) is 15.9. The number of aliphatic carboxylic acids is 1. The van der Waals surface area contributed by atoms with E-state index in [0.29, 0.717) is 59.0 Å². The van der Waals surface area contributed by atoms with Gasteiger partial charge in [-0.15, -0.1) is 0 Å². The van der Waals surface area contributed by atoms with Crippen molar-refractivity contribution in [3.05, 3.63) is 52.4 Å². The predicted molar refractivity (Wildman–Crippen MR) is 106 cm³/mol. The van der Waals surface area contributed by atoms with Crippen LogP contribution >= 0.6 is 0 Å². The molecule has 0 unspecified atom stereocenters. The molecule has 4 rings (SSSR count). The smallest absolute Gasteiger partial charge is 0.341 e. The molecule has 7 nitrogen and oxygen atoms in total. The van der Waals surface area contributed by atoms with E-state index < -0.39 is 12.6 Å². The molecule has 0 radical (unpaired) electrons. The summed E-state index contributed by atoms with van der Waals surface area (Å²) < 4.78 is 22.2. The Bertz CT molecular complexity index is 1130. The third kappa shape index (κ3) is 3.76. The van der Waals surface area contributed by atoms with Gasteiger partial charge in [0.1, 0.15) is 30.8 Å². The van der Waals surface area contributed by atoms with E-state index in [4.69, 9.17) is 23.7 Å². The van der Waals surface area contributed by atoms with Crippen LogP contribution in [0.1, 0.15) is 18.9 Å². The van der Waals surface area contributed by atoms with Crippen molar-refractivity contribution in [3.8, 4) is 28.4 Å². The first-order valence-electron chi connectivity index (χ1n) is 9.40. The number of ether oxygens (including phenoxy) is 3. The van der Waals surface area contributed by atoms with Gasteiger partial charge in [0.15, 0.2) is 18.1 Å². The molecule has 1 aliphatic heterocycles. The number of hydrogen-bond acceptors (Lipinski definition) is 6. The van der Waals surface area contributed by atoms with Crippen LogP contribution in [-0.4, -0.2) is 30.9 Å². The molecule has 0 bridgehead atoms. The molecule has 3 aromatic rings. The van der Waals surface area contributed by atoms with Crippen molar-refractivity contribution >= 4 is 16.9 Å². The summed E-state index contributed by atoms with van der Waals surface area (Å²) in [5, 5.41) is 9.30. The second kappa shape index (κ2) is 7.87. The monoisotopic (exact) mass is 396 g/mol. The van der Waals surface area contributed by atoms with Crippen molar-refractivity contribution in [2.24, 2.45) is 0 Å². The molecule has 1 aromatic heterocycles. The zero-order valence-corrected chi connectivity index (χ0v) is 15.9. The maximum absolute atomic E-state index is 13.2. The van der Waals surface area contributed by atoms with E-state index in [9.17, 15) is 9.59 Å². The molecule has 1 aliphatic rings. The van der Waals surface area contributed by atoms with E-state index in [1.54, 1.807) is 30.3 Å². The van der Waals surface area contributed by atoms with Crippen LogP contribution in [0.4, 0.5) is 0 Å². The first-order chi connectivity index (χ1) is 14.1. The molecule has 7 heteroatoms. The summed E-state index contributed by atoms with van der Waals surface area (Å²) in [5.41, 5.74) is 2.03. The number of carboxylic acid groups (broad SMARTS) is 1. The summed E-state index contributed by atoms with van der Waals surface area (Å²) in [6, 6.07) is 8.65. The van der Waals surface area contributed by atoms with Crippen molar-refractivity contribution < 1.29 is 28.5 Å². The fourth-order valence-corrected chi connectivity index (χ4v) is 3.35. The van der Waals surface area contributed by atoms with Crippen LogP contribution in [0.5, 0.6) is 17.2 Å². The van der Waals surface area contributed by atoms with Crippen molar-refractivity contribution in [1.29, 1.82) is 0 Å². The van der Waals surface area contributed by atoms with Gasteiger partial charge in [-0.05, 0) is 35.7 Å². The maximum Gasteiger partial charge on any atom is 0.341 e. The SMILES string of the molecule is CCCc1cc2c(=O)c(-c3ccc4c(c3)OCCO4)coc2cc1OCC(=O)O. The van der Waals surface area contributed by atoms with E-state index in [-0.39, 0.29) is 5.43 Å². The molecule has 0 saturated carbocycles. The van der Waals surface area contributed by atoms with Crippen molar-refractivity contribution in [1.82, 2.24) is 0 Å². The van der Waals surface area contributed by atoms with Gasteiger partial charge in [0, 0.05) is 6.07 Å². The molecule has 0 aliphatic carbocycles. The van der Waals surface area contributed by atoms with Crippen LogP contribution in [0.2, 0.25) is 0 Å². The largest absolute Gasteiger partial charge is 0.486 e. The molecule has 1 N–H and O–H groups in total. The zero-order chi connectivity index (χ0) is 20.4. The van der Waals surface area contributed by atoms with Crippen LogP contribution in [0.15, 0.2) is 45.8 Å². The maximum atomic E-state index is 13.2. The molecule has 150 valence electrons. The fraction of sp³-hybridized carbons (Fsp3) is 0.273. The first kappa shape index (κ1) is 18.9. The molecular formula is C22H20O7. The molecule has 2 aromatic carbocycles. The third-order valence-electron chi connectivity index (χ3n) is 4.68. The van der Waals surface area contributed by atoms with Gasteiger partial charge in [-0.3, -0.25) is 4.79 Å². The predicted octanol–water partition coefficient (Wildman–Crippen LogP) is 3.65. The molecule has 29 heavy (non-hydrogen) atoms. The second-order valence-corrected chi connectivity index (χ2v) is 6.73. The Hall–Kier alpha value is -3.48. The van der Waals surface area contributed by atoms with E-state index in [2.05, 4.69) is 0 Å². The summed E-state index contributed by atoms with van der Waals surface area (Å²) in [6.45, 7) is 2.50. The number of aryl methyl sites for hydroxylation is 1. The second-order valence-electron chi connectivity index (χ2n) is 6.73. The summed E-state index contributed by atoms with van der Waals surface area (Å²) >= 11 is 0. The van der Waals surface area contributed by atoms with Crippen LogP contribution < -0.4 is 19.6 Å². The van der Waals surface area contributed by atoms with E-state index in [0.717, 1.165) is 12.0 Å². The normalized spacial score (nSPS) is 12.7. The highest BCUT2D eigenvalue weighted by Crippen LogP contribution is 2.34.